The number of aliphatic imine (C=N–C) groups is 1. The molecule has 2 N–H and O–H groups in total. The molecule has 0 aliphatic rings. The highest BCUT2D eigenvalue weighted by Crippen LogP contribution is 2.05. The first-order chi connectivity index (χ1) is 9.11. The molecule has 0 fully saturated rings. The molecule has 0 aliphatic carbocycles. The van der Waals surface area contributed by atoms with Crippen LogP contribution in [0.4, 0.5) is 4.39 Å². The fraction of sp³-hybridized carbons (Fsp3) is 0.533. The van der Waals surface area contributed by atoms with Crippen LogP contribution in [0.1, 0.15) is 25.8 Å². The zero-order valence-electron chi connectivity index (χ0n) is 12.4. The summed E-state index contributed by atoms with van der Waals surface area (Å²) in [7, 11) is 1.77. The molecule has 0 unspecified atom stereocenters. The van der Waals surface area contributed by atoms with Gasteiger partial charge in [-0.05, 0) is 36.5 Å². The third-order valence-electron chi connectivity index (χ3n) is 2.73. The summed E-state index contributed by atoms with van der Waals surface area (Å²) in [4.78, 5) is 4.15. The van der Waals surface area contributed by atoms with Crippen LogP contribution in [0, 0.1) is 11.7 Å². The summed E-state index contributed by atoms with van der Waals surface area (Å²) >= 11 is 0. The van der Waals surface area contributed by atoms with E-state index in [0.29, 0.717) is 5.92 Å². The monoisotopic (exact) mass is 393 g/mol. The van der Waals surface area contributed by atoms with Gasteiger partial charge in [0.15, 0.2) is 5.96 Å². The number of nitrogens with zero attached hydrogens (tertiary/aromatic N) is 1. The Morgan fingerprint density at radius 2 is 2.05 bits per heavy atom. The van der Waals surface area contributed by atoms with Crippen LogP contribution >= 0.6 is 24.0 Å². The van der Waals surface area contributed by atoms with Crippen molar-refractivity contribution in [1.29, 1.82) is 0 Å². The van der Waals surface area contributed by atoms with Crippen LogP contribution in [0.25, 0.3) is 0 Å². The van der Waals surface area contributed by atoms with E-state index in [4.69, 9.17) is 0 Å². The van der Waals surface area contributed by atoms with E-state index in [0.717, 1.165) is 37.5 Å². The quantitative estimate of drug-likeness (QED) is 0.337. The van der Waals surface area contributed by atoms with Gasteiger partial charge in [-0.25, -0.2) is 4.39 Å². The van der Waals surface area contributed by atoms with Gasteiger partial charge in [-0.1, -0.05) is 26.0 Å². The molecule has 0 aliphatic heterocycles. The number of hydrogen-bond acceptors (Lipinski definition) is 1. The van der Waals surface area contributed by atoms with Crippen molar-refractivity contribution in [3.8, 4) is 0 Å². The van der Waals surface area contributed by atoms with Crippen LogP contribution in [0.15, 0.2) is 29.3 Å². The molecule has 0 bridgehead atoms. The lowest BCUT2D eigenvalue weighted by molar-refractivity contribution is 0.612. The van der Waals surface area contributed by atoms with E-state index < -0.39 is 0 Å². The zero-order valence-corrected chi connectivity index (χ0v) is 14.8. The second-order valence-electron chi connectivity index (χ2n) is 5.01. The minimum absolute atomic E-state index is 0. The smallest absolute Gasteiger partial charge is 0.190 e. The Balaban J connectivity index is 0.00000361. The maximum Gasteiger partial charge on any atom is 0.190 e. The second kappa shape index (κ2) is 10.9. The minimum atomic E-state index is -0.167. The van der Waals surface area contributed by atoms with Gasteiger partial charge in [-0.2, -0.15) is 0 Å². The summed E-state index contributed by atoms with van der Waals surface area (Å²) in [6.45, 7) is 6.05. The van der Waals surface area contributed by atoms with E-state index in [9.17, 15) is 4.39 Å². The van der Waals surface area contributed by atoms with Crippen molar-refractivity contribution >= 4 is 29.9 Å². The lowest BCUT2D eigenvalue weighted by Crippen LogP contribution is -2.39. The van der Waals surface area contributed by atoms with Gasteiger partial charge < -0.3 is 10.6 Å². The fourth-order valence-electron chi connectivity index (χ4n) is 1.71. The van der Waals surface area contributed by atoms with Gasteiger partial charge in [-0.15, -0.1) is 24.0 Å². The van der Waals surface area contributed by atoms with Gasteiger partial charge in [0.05, 0.1) is 0 Å². The highest BCUT2D eigenvalue weighted by Gasteiger charge is 1.99. The molecule has 5 heteroatoms. The Morgan fingerprint density at radius 1 is 1.30 bits per heavy atom. The summed E-state index contributed by atoms with van der Waals surface area (Å²) in [6, 6.07) is 6.77. The van der Waals surface area contributed by atoms with Crippen LogP contribution in [0.2, 0.25) is 0 Å². The van der Waals surface area contributed by atoms with Crippen molar-refractivity contribution in [2.24, 2.45) is 10.9 Å². The van der Waals surface area contributed by atoms with Crippen molar-refractivity contribution in [3.05, 3.63) is 35.6 Å². The summed E-state index contributed by atoms with van der Waals surface area (Å²) in [5.41, 5.74) is 1.03. The second-order valence-corrected chi connectivity index (χ2v) is 5.01. The highest BCUT2D eigenvalue weighted by molar-refractivity contribution is 14.0. The maximum atomic E-state index is 13.0. The Hall–Kier alpha value is -0.850. The highest BCUT2D eigenvalue weighted by atomic mass is 127. The summed E-state index contributed by atoms with van der Waals surface area (Å²) in [5, 5.41) is 6.51. The van der Waals surface area contributed by atoms with Gasteiger partial charge in [-0.3, -0.25) is 4.99 Å². The number of guanidine groups is 1. The first kappa shape index (κ1) is 19.1. The molecule has 0 saturated carbocycles. The lowest BCUT2D eigenvalue weighted by Gasteiger charge is -2.13. The summed E-state index contributed by atoms with van der Waals surface area (Å²) in [6.07, 6.45) is 1.82. The number of benzene rings is 1. The summed E-state index contributed by atoms with van der Waals surface area (Å²) < 4.78 is 13.0. The van der Waals surface area contributed by atoms with E-state index in [1.165, 1.54) is 6.07 Å². The molecule has 20 heavy (non-hydrogen) atoms. The lowest BCUT2D eigenvalue weighted by atomic mass is 10.1. The SMILES string of the molecule is CN=C(NCCCc1cccc(F)c1)NCC(C)C.I. The van der Waals surface area contributed by atoms with Crippen LogP contribution in [-0.2, 0) is 6.42 Å². The Morgan fingerprint density at radius 3 is 2.65 bits per heavy atom. The number of rotatable bonds is 6. The van der Waals surface area contributed by atoms with Crippen LogP contribution < -0.4 is 10.6 Å². The third-order valence-corrected chi connectivity index (χ3v) is 2.73. The largest absolute Gasteiger partial charge is 0.356 e. The van der Waals surface area contributed by atoms with Gasteiger partial charge in [0.1, 0.15) is 5.82 Å². The predicted molar refractivity (Wildman–Crippen MR) is 94.3 cm³/mol. The molecule has 0 radical (unpaired) electrons. The molecule has 0 aromatic heterocycles. The molecular weight excluding hydrogens is 368 g/mol. The first-order valence-corrected chi connectivity index (χ1v) is 6.80. The fourth-order valence-corrected chi connectivity index (χ4v) is 1.71. The van der Waals surface area contributed by atoms with Gasteiger partial charge in [0.2, 0.25) is 0 Å². The average Bonchev–Trinajstić information content (AvgIpc) is 2.38. The third kappa shape index (κ3) is 8.35. The van der Waals surface area contributed by atoms with Crippen molar-refractivity contribution in [1.82, 2.24) is 10.6 Å². The number of halogens is 2. The Labute approximate surface area is 138 Å². The number of aryl methyl sites for hydroxylation is 1. The van der Waals surface area contributed by atoms with E-state index >= 15 is 0 Å². The molecule has 0 amide bonds. The van der Waals surface area contributed by atoms with E-state index in [1.54, 1.807) is 19.2 Å². The van der Waals surface area contributed by atoms with Crippen molar-refractivity contribution in [2.45, 2.75) is 26.7 Å². The van der Waals surface area contributed by atoms with Crippen molar-refractivity contribution < 1.29 is 4.39 Å². The first-order valence-electron chi connectivity index (χ1n) is 6.80. The molecule has 1 aromatic carbocycles. The Bertz CT molecular complexity index is 408. The normalized spacial score (nSPS) is 11.2. The molecular formula is C15H25FIN3. The average molecular weight is 393 g/mol. The number of nitrogens with one attached hydrogen (secondary N) is 2. The zero-order chi connectivity index (χ0) is 14.1. The molecule has 1 aromatic rings. The molecule has 0 atom stereocenters. The molecule has 0 spiro atoms. The summed E-state index contributed by atoms with van der Waals surface area (Å²) in [5.74, 6) is 1.25. The maximum absolute atomic E-state index is 13.0. The molecule has 3 nitrogen and oxygen atoms in total. The topological polar surface area (TPSA) is 36.4 Å². The van der Waals surface area contributed by atoms with E-state index in [1.807, 2.05) is 6.07 Å². The van der Waals surface area contributed by atoms with Crippen LogP contribution in [0.5, 0.6) is 0 Å². The Kier molecular flexibility index (Phi) is 10.4. The molecule has 114 valence electrons. The van der Waals surface area contributed by atoms with E-state index in [2.05, 4.69) is 29.5 Å². The van der Waals surface area contributed by atoms with Gasteiger partial charge >= 0.3 is 0 Å². The molecule has 0 heterocycles. The van der Waals surface area contributed by atoms with E-state index in [-0.39, 0.29) is 29.8 Å². The molecule has 1 rings (SSSR count). The standard InChI is InChI=1S/C15H24FN3.HI/c1-12(2)11-19-15(17-3)18-9-5-7-13-6-4-8-14(16)10-13;/h4,6,8,10,12H,5,7,9,11H2,1-3H3,(H2,17,18,19);1H. The molecule has 0 saturated heterocycles. The van der Waals surface area contributed by atoms with Crippen molar-refractivity contribution in [2.75, 3.05) is 20.1 Å². The number of hydrogen-bond donors (Lipinski definition) is 2. The van der Waals surface area contributed by atoms with Gasteiger partial charge in [0.25, 0.3) is 0 Å². The minimum Gasteiger partial charge on any atom is -0.356 e. The predicted octanol–water partition coefficient (Wildman–Crippen LogP) is 3.20. The van der Waals surface area contributed by atoms with Crippen LogP contribution in [-0.4, -0.2) is 26.1 Å². The van der Waals surface area contributed by atoms with Gasteiger partial charge in [0, 0.05) is 20.1 Å². The van der Waals surface area contributed by atoms with Crippen LogP contribution in [0.3, 0.4) is 0 Å². The van der Waals surface area contributed by atoms with Crippen molar-refractivity contribution in [3.63, 3.8) is 0 Å².